The van der Waals surface area contributed by atoms with E-state index in [1.54, 1.807) is 45.0 Å². The molecule has 0 aliphatic carbocycles. The average Bonchev–Trinajstić information content (AvgIpc) is 2.23. The summed E-state index contributed by atoms with van der Waals surface area (Å²) < 4.78 is 28.3. The Bertz CT molecular complexity index is 523. The molecule has 1 rings (SSSR count). The van der Waals surface area contributed by atoms with E-state index in [9.17, 15) is 8.42 Å². The van der Waals surface area contributed by atoms with E-state index in [0.717, 1.165) is 4.31 Å². The molecule has 0 radical (unpaired) electrons. The first-order valence-electron chi connectivity index (χ1n) is 5.94. The summed E-state index contributed by atoms with van der Waals surface area (Å²) in [5, 5.41) is 9.08. The van der Waals surface area contributed by atoms with Crippen LogP contribution < -0.4 is 14.8 Å². The highest BCUT2D eigenvalue weighted by atomic mass is 32.2. The Labute approximate surface area is 114 Å². The van der Waals surface area contributed by atoms with Crippen LogP contribution >= 0.6 is 0 Å². The van der Waals surface area contributed by atoms with Gasteiger partial charge in [-0.05, 0) is 32.9 Å². The molecule has 0 unspecified atom stereocenters. The zero-order valence-electron chi connectivity index (χ0n) is 11.4. The van der Waals surface area contributed by atoms with Gasteiger partial charge in [-0.1, -0.05) is 12.1 Å². The van der Waals surface area contributed by atoms with Gasteiger partial charge in [0, 0.05) is 5.54 Å². The third-order valence-corrected chi connectivity index (χ3v) is 4.06. The van der Waals surface area contributed by atoms with Gasteiger partial charge < -0.3 is 10.8 Å². The first-order chi connectivity index (χ1) is 8.67. The van der Waals surface area contributed by atoms with Gasteiger partial charge in [-0.2, -0.15) is 13.1 Å². The number of nitrogen functional groups attached to an aromatic ring is 1. The topological polar surface area (TPSA) is 95.7 Å². The SMILES string of the molecule is CC(C)(C)NS(=O)(=O)N(CCO)c1ccccc1N. The van der Waals surface area contributed by atoms with E-state index in [-0.39, 0.29) is 13.2 Å². The van der Waals surface area contributed by atoms with Gasteiger partial charge >= 0.3 is 10.2 Å². The predicted octanol–water partition coefficient (Wildman–Crippen LogP) is 0.700. The zero-order valence-corrected chi connectivity index (χ0v) is 12.2. The van der Waals surface area contributed by atoms with E-state index in [2.05, 4.69) is 4.72 Å². The monoisotopic (exact) mass is 287 g/mol. The van der Waals surface area contributed by atoms with Crippen LogP contribution in [0.3, 0.4) is 0 Å². The molecule has 1 aromatic carbocycles. The van der Waals surface area contributed by atoms with Gasteiger partial charge in [-0.3, -0.25) is 4.31 Å². The van der Waals surface area contributed by atoms with Crippen molar-refractivity contribution in [1.82, 2.24) is 4.72 Å². The molecule has 7 heteroatoms. The summed E-state index contributed by atoms with van der Waals surface area (Å²) >= 11 is 0. The lowest BCUT2D eigenvalue weighted by Crippen LogP contribution is -2.50. The molecule has 19 heavy (non-hydrogen) atoms. The molecule has 0 aliphatic heterocycles. The molecular weight excluding hydrogens is 266 g/mol. The van der Waals surface area contributed by atoms with Crippen LogP contribution in [-0.2, 0) is 10.2 Å². The zero-order chi connectivity index (χ0) is 14.7. The summed E-state index contributed by atoms with van der Waals surface area (Å²) in [7, 11) is -3.77. The first kappa shape index (κ1) is 15.7. The van der Waals surface area contributed by atoms with Crippen LogP contribution in [0.5, 0.6) is 0 Å². The average molecular weight is 287 g/mol. The third-order valence-electron chi connectivity index (χ3n) is 2.23. The highest BCUT2D eigenvalue weighted by Gasteiger charge is 2.27. The largest absolute Gasteiger partial charge is 0.397 e. The molecule has 0 amide bonds. The summed E-state index contributed by atoms with van der Waals surface area (Å²) in [5.74, 6) is 0. The number of nitrogens with zero attached hydrogens (tertiary/aromatic N) is 1. The number of anilines is 2. The van der Waals surface area contributed by atoms with Crippen LogP contribution in [0.15, 0.2) is 24.3 Å². The fourth-order valence-electron chi connectivity index (χ4n) is 1.62. The maximum absolute atomic E-state index is 12.3. The molecule has 0 heterocycles. The summed E-state index contributed by atoms with van der Waals surface area (Å²) in [5.41, 5.74) is 5.88. The van der Waals surface area contributed by atoms with E-state index in [4.69, 9.17) is 10.8 Å². The minimum atomic E-state index is -3.77. The number of aliphatic hydroxyl groups is 1. The van der Waals surface area contributed by atoms with Crippen LogP contribution in [0.1, 0.15) is 20.8 Å². The van der Waals surface area contributed by atoms with Crippen LogP contribution in [0.25, 0.3) is 0 Å². The number of hydrogen-bond acceptors (Lipinski definition) is 4. The summed E-state index contributed by atoms with van der Waals surface area (Å²) in [4.78, 5) is 0. The quantitative estimate of drug-likeness (QED) is 0.695. The fourth-order valence-corrected chi connectivity index (χ4v) is 3.25. The first-order valence-corrected chi connectivity index (χ1v) is 7.38. The number of para-hydroxylation sites is 2. The van der Waals surface area contributed by atoms with E-state index in [0.29, 0.717) is 11.4 Å². The van der Waals surface area contributed by atoms with Gasteiger partial charge in [0.15, 0.2) is 0 Å². The Morgan fingerprint density at radius 2 is 1.89 bits per heavy atom. The number of benzene rings is 1. The number of nitrogens with two attached hydrogens (primary N) is 1. The van der Waals surface area contributed by atoms with Crippen LogP contribution in [0.4, 0.5) is 11.4 Å². The van der Waals surface area contributed by atoms with Gasteiger partial charge in [0.05, 0.1) is 24.5 Å². The van der Waals surface area contributed by atoms with Crippen molar-refractivity contribution in [2.75, 3.05) is 23.2 Å². The Morgan fingerprint density at radius 3 is 2.37 bits per heavy atom. The van der Waals surface area contributed by atoms with Crippen molar-refractivity contribution >= 4 is 21.6 Å². The van der Waals surface area contributed by atoms with E-state index in [1.807, 2.05) is 0 Å². The normalized spacial score (nSPS) is 12.4. The molecule has 108 valence electrons. The number of nitrogens with one attached hydrogen (secondary N) is 1. The fraction of sp³-hybridized carbons (Fsp3) is 0.500. The molecule has 0 aromatic heterocycles. The molecule has 1 aromatic rings. The molecule has 4 N–H and O–H groups in total. The van der Waals surface area contributed by atoms with Gasteiger partial charge in [-0.25, -0.2) is 0 Å². The summed E-state index contributed by atoms with van der Waals surface area (Å²) in [6, 6.07) is 6.64. The second-order valence-corrected chi connectivity index (χ2v) is 6.81. The Morgan fingerprint density at radius 1 is 1.32 bits per heavy atom. The van der Waals surface area contributed by atoms with Crippen molar-refractivity contribution < 1.29 is 13.5 Å². The van der Waals surface area contributed by atoms with Gasteiger partial charge in [0.1, 0.15) is 0 Å². The minimum Gasteiger partial charge on any atom is -0.397 e. The molecule has 0 bridgehead atoms. The Kier molecular flexibility index (Phi) is 4.78. The van der Waals surface area contributed by atoms with Crippen molar-refractivity contribution in [1.29, 1.82) is 0 Å². The molecule has 0 atom stereocenters. The summed E-state index contributed by atoms with van der Waals surface area (Å²) in [6.07, 6.45) is 0. The number of rotatable bonds is 5. The minimum absolute atomic E-state index is 0.0559. The van der Waals surface area contributed by atoms with Crippen molar-refractivity contribution in [3.05, 3.63) is 24.3 Å². The van der Waals surface area contributed by atoms with Crippen LogP contribution in [0.2, 0.25) is 0 Å². The second-order valence-electron chi connectivity index (χ2n) is 5.21. The maximum atomic E-state index is 12.3. The van der Waals surface area contributed by atoms with Gasteiger partial charge in [-0.15, -0.1) is 0 Å². The second kappa shape index (κ2) is 5.77. The van der Waals surface area contributed by atoms with Crippen molar-refractivity contribution in [2.24, 2.45) is 0 Å². The Hall–Kier alpha value is -1.31. The van der Waals surface area contributed by atoms with Crippen LogP contribution in [0, 0.1) is 0 Å². The van der Waals surface area contributed by atoms with E-state index < -0.39 is 15.7 Å². The van der Waals surface area contributed by atoms with Crippen molar-refractivity contribution in [3.8, 4) is 0 Å². The van der Waals surface area contributed by atoms with Crippen LogP contribution in [-0.4, -0.2) is 32.2 Å². The lowest BCUT2D eigenvalue weighted by Gasteiger charge is -2.29. The highest BCUT2D eigenvalue weighted by molar-refractivity contribution is 7.91. The highest BCUT2D eigenvalue weighted by Crippen LogP contribution is 2.25. The molecule has 0 saturated carbocycles. The molecule has 0 spiro atoms. The van der Waals surface area contributed by atoms with Gasteiger partial charge in [0.25, 0.3) is 0 Å². The predicted molar refractivity (Wildman–Crippen MR) is 77.1 cm³/mol. The molecule has 0 saturated heterocycles. The molecular formula is C12H21N3O3S. The molecule has 0 aliphatic rings. The van der Waals surface area contributed by atoms with Gasteiger partial charge in [0.2, 0.25) is 0 Å². The van der Waals surface area contributed by atoms with E-state index >= 15 is 0 Å². The lowest BCUT2D eigenvalue weighted by atomic mass is 10.1. The lowest BCUT2D eigenvalue weighted by molar-refractivity contribution is 0.306. The number of aliphatic hydroxyl groups excluding tert-OH is 1. The maximum Gasteiger partial charge on any atom is 0.302 e. The molecule has 0 fully saturated rings. The Balaban J connectivity index is 3.18. The number of hydrogen-bond donors (Lipinski definition) is 3. The summed E-state index contributed by atoms with van der Waals surface area (Å²) in [6.45, 7) is 4.89. The molecule has 6 nitrogen and oxygen atoms in total. The van der Waals surface area contributed by atoms with E-state index in [1.165, 1.54) is 0 Å². The third kappa shape index (κ3) is 4.38. The van der Waals surface area contributed by atoms with Crippen molar-refractivity contribution in [2.45, 2.75) is 26.3 Å². The van der Waals surface area contributed by atoms with Crippen molar-refractivity contribution in [3.63, 3.8) is 0 Å². The standard InChI is InChI=1S/C12H21N3O3S/c1-12(2,3)14-19(17,18)15(8-9-16)11-7-5-4-6-10(11)13/h4-7,14,16H,8-9,13H2,1-3H3. The smallest absolute Gasteiger partial charge is 0.302 e.